The number of thiophene rings is 1. The molecule has 1 aromatic carbocycles. The Hall–Kier alpha value is -1.53. The van der Waals surface area contributed by atoms with Crippen molar-refractivity contribution >= 4 is 44.6 Å². The number of halogens is 1. The molecule has 1 heterocycles. The van der Waals surface area contributed by atoms with Gasteiger partial charge in [-0.2, -0.15) is 0 Å². The van der Waals surface area contributed by atoms with Crippen LogP contribution in [0.25, 0.3) is 0 Å². The molecule has 0 saturated carbocycles. The number of esters is 1. The van der Waals surface area contributed by atoms with Crippen LogP contribution in [0.4, 0.5) is 11.4 Å². The number of benzene rings is 1. The summed E-state index contributed by atoms with van der Waals surface area (Å²) in [6, 6.07) is 9.41. The molecular formula is C14H15BrN2O2S. The Morgan fingerprint density at radius 2 is 2.20 bits per heavy atom. The third kappa shape index (κ3) is 3.74. The molecule has 0 fully saturated rings. The molecule has 6 heteroatoms. The first-order valence-electron chi connectivity index (χ1n) is 6.06. The molecule has 0 radical (unpaired) electrons. The first-order chi connectivity index (χ1) is 9.60. The molecule has 0 bridgehead atoms. The first-order valence-corrected chi connectivity index (χ1v) is 7.67. The van der Waals surface area contributed by atoms with Gasteiger partial charge >= 0.3 is 5.97 Å². The number of nitrogens with one attached hydrogen (secondary N) is 1. The molecule has 3 N–H and O–H groups in total. The maximum Gasteiger partial charge on any atom is 0.340 e. The fraction of sp³-hybridized carbons (Fsp3) is 0.214. The SMILES string of the molecule is COC(=O)c1cc(NCCc2ccc(Br)s2)ccc1N. The average molecular weight is 355 g/mol. The molecule has 106 valence electrons. The number of carbonyl (C=O) groups excluding carboxylic acids is 1. The lowest BCUT2D eigenvalue weighted by atomic mass is 10.1. The van der Waals surface area contributed by atoms with Crippen LogP contribution in [0.5, 0.6) is 0 Å². The van der Waals surface area contributed by atoms with Gasteiger partial charge in [-0.3, -0.25) is 0 Å². The Bertz CT molecular complexity index is 613. The molecule has 4 nitrogen and oxygen atoms in total. The summed E-state index contributed by atoms with van der Waals surface area (Å²) in [6.45, 7) is 0.789. The van der Waals surface area contributed by atoms with E-state index in [1.807, 2.05) is 12.1 Å². The summed E-state index contributed by atoms with van der Waals surface area (Å²) < 4.78 is 5.83. The van der Waals surface area contributed by atoms with Gasteiger partial charge in [-0.25, -0.2) is 4.79 Å². The van der Waals surface area contributed by atoms with Crippen LogP contribution in [0.1, 0.15) is 15.2 Å². The molecule has 2 rings (SSSR count). The van der Waals surface area contributed by atoms with Crippen LogP contribution >= 0.6 is 27.3 Å². The van der Waals surface area contributed by atoms with Gasteiger partial charge in [0.2, 0.25) is 0 Å². The number of anilines is 2. The molecule has 1 aromatic heterocycles. The number of hydrogen-bond donors (Lipinski definition) is 2. The van der Waals surface area contributed by atoms with Crippen molar-refractivity contribution in [1.82, 2.24) is 0 Å². The van der Waals surface area contributed by atoms with E-state index in [1.54, 1.807) is 23.5 Å². The molecule has 0 unspecified atom stereocenters. The molecule has 0 aliphatic heterocycles. The van der Waals surface area contributed by atoms with E-state index in [4.69, 9.17) is 10.5 Å². The van der Waals surface area contributed by atoms with Gasteiger partial charge in [0.1, 0.15) is 0 Å². The van der Waals surface area contributed by atoms with E-state index in [0.29, 0.717) is 11.3 Å². The molecule has 20 heavy (non-hydrogen) atoms. The number of ether oxygens (including phenoxy) is 1. The number of carbonyl (C=O) groups is 1. The highest BCUT2D eigenvalue weighted by Gasteiger charge is 2.10. The predicted octanol–water partition coefficient (Wildman–Crippen LogP) is 3.53. The smallest absolute Gasteiger partial charge is 0.340 e. The van der Waals surface area contributed by atoms with Crippen LogP contribution in [-0.2, 0) is 11.2 Å². The highest BCUT2D eigenvalue weighted by Crippen LogP contribution is 2.23. The van der Waals surface area contributed by atoms with Gasteiger partial charge in [0.15, 0.2) is 0 Å². The van der Waals surface area contributed by atoms with Gasteiger partial charge in [-0.15, -0.1) is 11.3 Å². The molecule has 0 atom stereocenters. The predicted molar refractivity (Wildman–Crippen MR) is 86.4 cm³/mol. The zero-order valence-corrected chi connectivity index (χ0v) is 13.4. The highest BCUT2D eigenvalue weighted by molar-refractivity contribution is 9.11. The minimum Gasteiger partial charge on any atom is -0.465 e. The molecular weight excluding hydrogens is 340 g/mol. The van der Waals surface area contributed by atoms with Crippen LogP contribution < -0.4 is 11.1 Å². The largest absolute Gasteiger partial charge is 0.465 e. The van der Waals surface area contributed by atoms with Gasteiger partial charge in [0.25, 0.3) is 0 Å². The lowest BCUT2D eigenvalue weighted by Crippen LogP contribution is -2.08. The normalized spacial score (nSPS) is 10.3. The number of methoxy groups -OCH3 is 1. The van der Waals surface area contributed by atoms with E-state index < -0.39 is 5.97 Å². The summed E-state index contributed by atoms with van der Waals surface area (Å²) in [7, 11) is 1.34. The Morgan fingerprint density at radius 1 is 1.40 bits per heavy atom. The molecule has 0 spiro atoms. The lowest BCUT2D eigenvalue weighted by molar-refractivity contribution is 0.0602. The molecule has 0 aliphatic carbocycles. The number of rotatable bonds is 5. The Balaban J connectivity index is 1.97. The van der Waals surface area contributed by atoms with Crippen molar-refractivity contribution in [2.75, 3.05) is 24.7 Å². The van der Waals surface area contributed by atoms with Crippen molar-refractivity contribution < 1.29 is 9.53 Å². The molecule has 0 saturated heterocycles. The van der Waals surface area contributed by atoms with E-state index >= 15 is 0 Å². The molecule has 0 amide bonds. The Labute approximate surface area is 130 Å². The molecule has 2 aromatic rings. The van der Waals surface area contributed by atoms with E-state index in [1.165, 1.54) is 12.0 Å². The maximum atomic E-state index is 11.6. The first kappa shape index (κ1) is 14.9. The summed E-state index contributed by atoms with van der Waals surface area (Å²) in [5, 5.41) is 3.28. The number of hydrogen-bond acceptors (Lipinski definition) is 5. The Kier molecular flexibility index (Phi) is 5.03. The summed E-state index contributed by atoms with van der Waals surface area (Å²) in [5.74, 6) is -0.423. The average Bonchev–Trinajstić information content (AvgIpc) is 2.85. The second kappa shape index (κ2) is 6.76. The zero-order valence-electron chi connectivity index (χ0n) is 11.0. The van der Waals surface area contributed by atoms with Crippen LogP contribution in [0.15, 0.2) is 34.1 Å². The van der Waals surface area contributed by atoms with Crippen LogP contribution in [0, 0.1) is 0 Å². The quantitative estimate of drug-likeness (QED) is 0.636. The van der Waals surface area contributed by atoms with Gasteiger partial charge in [0.05, 0.1) is 16.5 Å². The summed E-state index contributed by atoms with van der Waals surface area (Å²) >= 11 is 5.16. The lowest BCUT2D eigenvalue weighted by Gasteiger charge is -2.09. The van der Waals surface area contributed by atoms with Gasteiger partial charge < -0.3 is 15.8 Å². The topological polar surface area (TPSA) is 64.3 Å². The minimum atomic E-state index is -0.423. The van der Waals surface area contributed by atoms with E-state index in [0.717, 1.165) is 22.4 Å². The summed E-state index contributed by atoms with van der Waals surface area (Å²) in [4.78, 5) is 12.9. The minimum absolute atomic E-state index is 0.386. The van der Waals surface area contributed by atoms with Gasteiger partial charge in [0, 0.05) is 22.8 Å². The van der Waals surface area contributed by atoms with E-state index in [-0.39, 0.29) is 0 Å². The van der Waals surface area contributed by atoms with Crippen molar-refractivity contribution in [2.45, 2.75) is 6.42 Å². The second-order valence-corrected chi connectivity index (χ2v) is 6.72. The fourth-order valence-corrected chi connectivity index (χ4v) is 3.25. The van der Waals surface area contributed by atoms with Gasteiger partial charge in [-0.05, 0) is 52.7 Å². The second-order valence-electron chi connectivity index (χ2n) is 4.18. The third-order valence-corrected chi connectivity index (χ3v) is 4.47. The maximum absolute atomic E-state index is 11.6. The number of nitrogens with two attached hydrogens (primary N) is 1. The Morgan fingerprint density at radius 3 is 2.85 bits per heavy atom. The van der Waals surface area contributed by atoms with Crippen molar-refractivity contribution in [3.63, 3.8) is 0 Å². The third-order valence-electron chi connectivity index (χ3n) is 2.79. The van der Waals surface area contributed by atoms with Crippen LogP contribution in [0.3, 0.4) is 0 Å². The van der Waals surface area contributed by atoms with Crippen LogP contribution in [-0.4, -0.2) is 19.6 Å². The van der Waals surface area contributed by atoms with Crippen molar-refractivity contribution in [1.29, 1.82) is 0 Å². The fourth-order valence-electron chi connectivity index (χ4n) is 1.77. The van der Waals surface area contributed by atoms with E-state index in [9.17, 15) is 4.79 Å². The van der Waals surface area contributed by atoms with Crippen molar-refractivity contribution in [2.24, 2.45) is 0 Å². The standard InChI is InChI=1S/C14H15BrN2O2S/c1-19-14(18)11-8-9(2-4-12(11)16)17-7-6-10-3-5-13(15)20-10/h2-5,8,17H,6-7,16H2,1H3. The highest BCUT2D eigenvalue weighted by atomic mass is 79.9. The van der Waals surface area contributed by atoms with Crippen LogP contribution in [0.2, 0.25) is 0 Å². The van der Waals surface area contributed by atoms with E-state index in [2.05, 4.69) is 27.3 Å². The monoisotopic (exact) mass is 354 g/mol. The zero-order chi connectivity index (χ0) is 14.5. The summed E-state index contributed by atoms with van der Waals surface area (Å²) in [6.07, 6.45) is 0.925. The van der Waals surface area contributed by atoms with Gasteiger partial charge in [-0.1, -0.05) is 0 Å². The van der Waals surface area contributed by atoms with Crippen molar-refractivity contribution in [3.8, 4) is 0 Å². The number of nitrogen functional groups attached to an aromatic ring is 1. The van der Waals surface area contributed by atoms with Crippen molar-refractivity contribution in [3.05, 3.63) is 44.6 Å². The summed E-state index contributed by atoms with van der Waals surface area (Å²) in [5.41, 5.74) is 7.42. The molecule has 0 aliphatic rings.